The molecule has 1 aliphatic heterocycles. The van der Waals surface area contributed by atoms with Crippen LogP contribution in [0.3, 0.4) is 0 Å². The number of carbonyl (C=O) groups excluding carboxylic acids is 2. The summed E-state index contributed by atoms with van der Waals surface area (Å²) in [5, 5.41) is 2.93. The Morgan fingerprint density at radius 1 is 0.966 bits per heavy atom. The first-order chi connectivity index (χ1) is 14.0. The zero-order valence-corrected chi connectivity index (χ0v) is 17.2. The lowest BCUT2D eigenvalue weighted by molar-refractivity contribution is -0.133. The maximum atomic E-state index is 12.5. The molecule has 6 heteroatoms. The quantitative estimate of drug-likeness (QED) is 0.783. The zero-order valence-electron chi connectivity index (χ0n) is 17.2. The Hall–Kier alpha value is -2.86. The van der Waals surface area contributed by atoms with Crippen LogP contribution in [-0.2, 0) is 16.0 Å². The molecule has 154 valence electrons. The Kier molecular flexibility index (Phi) is 7.25. The molecule has 0 aliphatic carbocycles. The van der Waals surface area contributed by atoms with E-state index in [1.165, 1.54) is 0 Å². The van der Waals surface area contributed by atoms with Crippen molar-refractivity contribution in [2.75, 3.05) is 45.2 Å². The molecular formula is C23H29N3O3. The van der Waals surface area contributed by atoms with Crippen LogP contribution in [0, 0.1) is 6.92 Å². The van der Waals surface area contributed by atoms with Gasteiger partial charge in [-0.3, -0.25) is 14.5 Å². The summed E-state index contributed by atoms with van der Waals surface area (Å²) in [6.07, 6.45) is 1.22. The van der Waals surface area contributed by atoms with Gasteiger partial charge in [-0.1, -0.05) is 29.8 Å². The molecule has 2 aromatic rings. The average Bonchev–Trinajstić information content (AvgIpc) is 2.74. The Bertz CT molecular complexity index is 810. The van der Waals surface area contributed by atoms with Crippen molar-refractivity contribution in [3.05, 3.63) is 59.7 Å². The lowest BCUT2D eigenvalue weighted by Crippen LogP contribution is -2.50. The third-order valence-electron chi connectivity index (χ3n) is 5.21. The van der Waals surface area contributed by atoms with Gasteiger partial charge in [0.1, 0.15) is 5.75 Å². The van der Waals surface area contributed by atoms with Crippen LogP contribution in [0.5, 0.6) is 5.75 Å². The third kappa shape index (κ3) is 6.32. The number of anilines is 1. The number of methoxy groups -OCH3 is 1. The molecule has 2 aromatic carbocycles. The number of ether oxygens (including phenoxy) is 1. The fourth-order valence-electron chi connectivity index (χ4n) is 3.40. The number of benzene rings is 2. The van der Waals surface area contributed by atoms with Gasteiger partial charge >= 0.3 is 0 Å². The fraction of sp³-hybridized carbons (Fsp3) is 0.391. The van der Waals surface area contributed by atoms with E-state index in [1.807, 2.05) is 60.4 Å². The lowest BCUT2D eigenvalue weighted by Gasteiger charge is -2.34. The Morgan fingerprint density at radius 2 is 1.62 bits per heavy atom. The molecule has 0 saturated carbocycles. The van der Waals surface area contributed by atoms with Gasteiger partial charge in [0.15, 0.2) is 0 Å². The van der Waals surface area contributed by atoms with Crippen molar-refractivity contribution in [2.45, 2.75) is 19.8 Å². The van der Waals surface area contributed by atoms with Gasteiger partial charge in [-0.15, -0.1) is 0 Å². The van der Waals surface area contributed by atoms with Crippen LogP contribution >= 0.6 is 0 Å². The average molecular weight is 396 g/mol. The van der Waals surface area contributed by atoms with Crippen molar-refractivity contribution < 1.29 is 14.3 Å². The normalized spacial score (nSPS) is 14.5. The molecule has 0 radical (unpaired) electrons. The summed E-state index contributed by atoms with van der Waals surface area (Å²) in [6.45, 7) is 5.13. The smallest absolute Gasteiger partial charge is 0.238 e. The molecule has 0 spiro atoms. The van der Waals surface area contributed by atoms with E-state index in [1.54, 1.807) is 7.11 Å². The molecule has 1 fully saturated rings. The van der Waals surface area contributed by atoms with Crippen molar-refractivity contribution in [3.8, 4) is 5.75 Å². The lowest BCUT2D eigenvalue weighted by atomic mass is 10.1. The highest BCUT2D eigenvalue weighted by molar-refractivity contribution is 5.92. The minimum atomic E-state index is -0.0202. The summed E-state index contributed by atoms with van der Waals surface area (Å²) in [7, 11) is 1.64. The van der Waals surface area contributed by atoms with Crippen molar-refractivity contribution in [1.82, 2.24) is 9.80 Å². The van der Waals surface area contributed by atoms with Gasteiger partial charge in [-0.05, 0) is 43.2 Å². The molecule has 3 rings (SSSR count). The van der Waals surface area contributed by atoms with Gasteiger partial charge in [0.05, 0.1) is 13.7 Å². The molecule has 0 aromatic heterocycles. The van der Waals surface area contributed by atoms with E-state index in [2.05, 4.69) is 10.2 Å². The highest BCUT2D eigenvalue weighted by Gasteiger charge is 2.22. The van der Waals surface area contributed by atoms with Crippen LogP contribution in [0.1, 0.15) is 17.5 Å². The zero-order chi connectivity index (χ0) is 20.6. The topological polar surface area (TPSA) is 61.9 Å². The molecular weight excluding hydrogens is 366 g/mol. The molecule has 6 nitrogen and oxygen atoms in total. The van der Waals surface area contributed by atoms with Crippen molar-refractivity contribution in [3.63, 3.8) is 0 Å². The predicted octanol–water partition coefficient (Wildman–Crippen LogP) is 2.72. The minimum absolute atomic E-state index is 0.0202. The molecule has 0 unspecified atom stereocenters. The van der Waals surface area contributed by atoms with E-state index >= 15 is 0 Å². The maximum absolute atomic E-state index is 12.5. The molecule has 2 amide bonds. The van der Waals surface area contributed by atoms with Crippen LogP contribution in [0.25, 0.3) is 0 Å². The second kappa shape index (κ2) is 10.1. The highest BCUT2D eigenvalue weighted by Crippen LogP contribution is 2.14. The van der Waals surface area contributed by atoms with Crippen LogP contribution in [-0.4, -0.2) is 61.4 Å². The number of aryl methyl sites for hydroxylation is 2. The van der Waals surface area contributed by atoms with E-state index in [9.17, 15) is 9.59 Å². The Labute approximate surface area is 172 Å². The summed E-state index contributed by atoms with van der Waals surface area (Å²) >= 11 is 0. The van der Waals surface area contributed by atoms with Gasteiger partial charge < -0.3 is 15.0 Å². The van der Waals surface area contributed by atoms with Gasteiger partial charge in [0, 0.05) is 38.3 Å². The van der Waals surface area contributed by atoms with Crippen LogP contribution in [0.2, 0.25) is 0 Å². The van der Waals surface area contributed by atoms with Crippen LogP contribution in [0.4, 0.5) is 5.69 Å². The third-order valence-corrected chi connectivity index (χ3v) is 5.21. The number of amides is 2. The monoisotopic (exact) mass is 395 g/mol. The summed E-state index contributed by atoms with van der Waals surface area (Å²) in [4.78, 5) is 28.7. The van der Waals surface area contributed by atoms with E-state index < -0.39 is 0 Å². The molecule has 0 bridgehead atoms. The predicted molar refractivity (Wildman–Crippen MR) is 114 cm³/mol. The number of nitrogens with one attached hydrogen (secondary N) is 1. The molecule has 29 heavy (non-hydrogen) atoms. The number of hydrogen-bond donors (Lipinski definition) is 1. The number of hydrogen-bond acceptors (Lipinski definition) is 4. The summed E-state index contributed by atoms with van der Waals surface area (Å²) < 4.78 is 5.16. The van der Waals surface area contributed by atoms with Crippen molar-refractivity contribution in [2.24, 2.45) is 0 Å². The van der Waals surface area contributed by atoms with Gasteiger partial charge in [0.25, 0.3) is 0 Å². The molecule has 0 atom stereocenters. The van der Waals surface area contributed by atoms with Gasteiger partial charge in [-0.2, -0.15) is 0 Å². The molecule has 1 aliphatic rings. The van der Waals surface area contributed by atoms with E-state index in [0.29, 0.717) is 26.1 Å². The van der Waals surface area contributed by atoms with E-state index in [0.717, 1.165) is 42.1 Å². The molecule has 1 N–H and O–H groups in total. The number of nitrogens with zero attached hydrogens (tertiary/aromatic N) is 2. The molecule has 1 heterocycles. The van der Waals surface area contributed by atoms with Gasteiger partial charge in [-0.25, -0.2) is 0 Å². The van der Waals surface area contributed by atoms with E-state index in [4.69, 9.17) is 4.74 Å². The second-order valence-corrected chi connectivity index (χ2v) is 7.42. The Morgan fingerprint density at radius 3 is 2.24 bits per heavy atom. The largest absolute Gasteiger partial charge is 0.497 e. The summed E-state index contributed by atoms with van der Waals surface area (Å²) in [6, 6.07) is 15.6. The first-order valence-corrected chi connectivity index (χ1v) is 10.0. The van der Waals surface area contributed by atoms with Crippen LogP contribution in [0.15, 0.2) is 48.5 Å². The first-order valence-electron chi connectivity index (χ1n) is 10.0. The number of piperazine rings is 1. The summed E-state index contributed by atoms with van der Waals surface area (Å²) in [5.41, 5.74) is 3.11. The number of rotatable bonds is 7. The summed E-state index contributed by atoms with van der Waals surface area (Å²) in [5.74, 6) is 0.973. The highest BCUT2D eigenvalue weighted by atomic mass is 16.5. The van der Waals surface area contributed by atoms with E-state index in [-0.39, 0.29) is 11.8 Å². The molecule has 1 saturated heterocycles. The van der Waals surface area contributed by atoms with Crippen LogP contribution < -0.4 is 10.1 Å². The second-order valence-electron chi connectivity index (χ2n) is 7.42. The van der Waals surface area contributed by atoms with Crippen molar-refractivity contribution >= 4 is 17.5 Å². The standard InChI is InChI=1S/C23H29N3O3/c1-18-3-8-20(9-4-18)24-22(27)17-25-13-15-26(16-14-25)23(28)12-7-19-5-10-21(29-2)11-6-19/h3-6,8-11H,7,12-17H2,1-2H3,(H,24,27). The maximum Gasteiger partial charge on any atom is 0.238 e. The SMILES string of the molecule is COc1ccc(CCC(=O)N2CCN(CC(=O)Nc3ccc(C)cc3)CC2)cc1. The minimum Gasteiger partial charge on any atom is -0.497 e. The first kappa shape index (κ1) is 20.9. The fourth-order valence-corrected chi connectivity index (χ4v) is 3.40. The number of carbonyl (C=O) groups is 2. The van der Waals surface area contributed by atoms with Crippen molar-refractivity contribution in [1.29, 1.82) is 0 Å². The Balaban J connectivity index is 1.38. The van der Waals surface area contributed by atoms with Gasteiger partial charge in [0.2, 0.25) is 11.8 Å².